The van der Waals surface area contributed by atoms with Gasteiger partial charge in [0.05, 0.1) is 18.1 Å². The van der Waals surface area contributed by atoms with Crippen LogP contribution in [-0.4, -0.2) is 52.0 Å². The zero-order valence-corrected chi connectivity index (χ0v) is 13.3. The minimum absolute atomic E-state index is 0.00861. The fourth-order valence-corrected chi connectivity index (χ4v) is 1.50. The lowest BCUT2D eigenvalue weighted by Crippen LogP contribution is -2.46. The van der Waals surface area contributed by atoms with Crippen LogP contribution in [0.5, 0.6) is 0 Å². The fraction of sp³-hybridized carbons (Fsp3) is 0.714. The number of amides is 1. The minimum Gasteiger partial charge on any atom is -0.461 e. The highest BCUT2D eigenvalue weighted by molar-refractivity contribution is 6.25. The third kappa shape index (κ3) is 7.66. The molecule has 0 saturated carbocycles. The lowest BCUT2D eigenvalue weighted by atomic mass is 10.0. The Morgan fingerprint density at radius 3 is 2.32 bits per heavy atom. The van der Waals surface area contributed by atoms with Crippen molar-refractivity contribution in [3.05, 3.63) is 5.53 Å². The molecule has 124 valence electrons. The second kappa shape index (κ2) is 9.81. The van der Waals surface area contributed by atoms with Crippen LogP contribution in [0.25, 0.3) is 5.53 Å². The number of carbonyl (C=O) groups excluding carboxylic acids is 3. The maximum atomic E-state index is 12.0. The Kier molecular flexibility index (Phi) is 8.89. The van der Waals surface area contributed by atoms with E-state index in [1.807, 2.05) is 0 Å². The van der Waals surface area contributed by atoms with Crippen molar-refractivity contribution in [2.75, 3.05) is 0 Å². The molecular weight excluding hydrogens is 290 g/mol. The zero-order chi connectivity index (χ0) is 17.3. The largest absolute Gasteiger partial charge is 0.461 e. The first-order valence-electron chi connectivity index (χ1n) is 7.08. The second-order valence-corrected chi connectivity index (χ2v) is 5.33. The standard InChI is InChI=1S/C14H23N3O5/c1-8(2)22-14(21)12(6-5-11(19)7-16-15)17-13(20)9(3)10(4)18/h7-10,12,18H,5-6H2,1-4H3,(H,17,20)/t9-,10+,12+/m1/s1. The molecule has 0 radical (unpaired) electrons. The minimum atomic E-state index is -1.01. The van der Waals surface area contributed by atoms with Gasteiger partial charge < -0.3 is 20.7 Å². The van der Waals surface area contributed by atoms with Crippen LogP contribution in [0.15, 0.2) is 0 Å². The van der Waals surface area contributed by atoms with Crippen molar-refractivity contribution in [3.63, 3.8) is 0 Å². The molecule has 0 aromatic rings. The molecule has 0 aliphatic carbocycles. The molecule has 0 heterocycles. The number of esters is 1. The maximum absolute atomic E-state index is 12.0. The number of hydrogen-bond acceptors (Lipinski definition) is 5. The molecule has 0 aromatic carbocycles. The Labute approximate surface area is 129 Å². The monoisotopic (exact) mass is 313 g/mol. The number of nitrogens with one attached hydrogen (secondary N) is 1. The zero-order valence-electron chi connectivity index (χ0n) is 13.3. The van der Waals surface area contributed by atoms with Crippen LogP contribution in [0.4, 0.5) is 0 Å². The van der Waals surface area contributed by atoms with E-state index in [0.717, 1.165) is 6.21 Å². The van der Waals surface area contributed by atoms with Crippen LogP contribution in [-0.2, 0) is 19.1 Å². The van der Waals surface area contributed by atoms with Crippen molar-refractivity contribution >= 4 is 23.9 Å². The molecule has 0 unspecified atom stereocenters. The number of ketones is 1. The predicted octanol–water partition coefficient (Wildman–Crippen LogP) is 0.0896. The van der Waals surface area contributed by atoms with Gasteiger partial charge in [-0.15, -0.1) is 0 Å². The van der Waals surface area contributed by atoms with Crippen molar-refractivity contribution in [2.45, 2.75) is 58.8 Å². The summed E-state index contributed by atoms with van der Waals surface area (Å²) in [7, 11) is 0. The Morgan fingerprint density at radius 1 is 1.27 bits per heavy atom. The first-order valence-corrected chi connectivity index (χ1v) is 7.08. The van der Waals surface area contributed by atoms with E-state index >= 15 is 0 Å². The molecule has 8 nitrogen and oxygen atoms in total. The summed E-state index contributed by atoms with van der Waals surface area (Å²) in [5, 5.41) is 11.9. The number of aliphatic hydroxyl groups is 1. The molecule has 2 N–H and O–H groups in total. The molecule has 1 amide bonds. The van der Waals surface area contributed by atoms with E-state index in [-0.39, 0.29) is 18.9 Å². The van der Waals surface area contributed by atoms with Gasteiger partial charge in [0.1, 0.15) is 6.04 Å². The van der Waals surface area contributed by atoms with Crippen molar-refractivity contribution in [1.82, 2.24) is 5.32 Å². The summed E-state index contributed by atoms with van der Waals surface area (Å²) < 4.78 is 5.04. The first-order chi connectivity index (χ1) is 10.2. The molecule has 3 atom stereocenters. The summed E-state index contributed by atoms with van der Waals surface area (Å²) >= 11 is 0. The van der Waals surface area contributed by atoms with Crippen molar-refractivity contribution in [1.29, 1.82) is 0 Å². The molecule has 0 fully saturated rings. The third-order valence-electron chi connectivity index (χ3n) is 2.97. The van der Waals surface area contributed by atoms with Crippen molar-refractivity contribution in [3.8, 4) is 0 Å². The van der Waals surface area contributed by atoms with E-state index in [2.05, 4.69) is 10.1 Å². The average molecular weight is 313 g/mol. The molecule has 8 heteroatoms. The Morgan fingerprint density at radius 2 is 1.86 bits per heavy atom. The second-order valence-electron chi connectivity index (χ2n) is 5.33. The van der Waals surface area contributed by atoms with Gasteiger partial charge in [-0.25, -0.2) is 4.79 Å². The lowest BCUT2D eigenvalue weighted by Gasteiger charge is -2.21. The van der Waals surface area contributed by atoms with Gasteiger partial charge in [0.15, 0.2) is 0 Å². The average Bonchev–Trinajstić information content (AvgIpc) is 2.41. The van der Waals surface area contributed by atoms with Crippen molar-refractivity contribution < 1.29 is 29.0 Å². The molecule has 0 aliphatic rings. The van der Waals surface area contributed by atoms with Gasteiger partial charge in [0.2, 0.25) is 11.7 Å². The van der Waals surface area contributed by atoms with Gasteiger partial charge in [-0.3, -0.25) is 9.59 Å². The highest BCUT2D eigenvalue weighted by Crippen LogP contribution is 2.07. The van der Waals surface area contributed by atoms with Gasteiger partial charge >= 0.3 is 12.2 Å². The van der Waals surface area contributed by atoms with Gasteiger partial charge in [-0.2, -0.15) is 4.79 Å². The maximum Gasteiger partial charge on any atom is 0.328 e. The van der Waals surface area contributed by atoms with Gasteiger partial charge in [0.25, 0.3) is 0 Å². The van der Waals surface area contributed by atoms with E-state index in [4.69, 9.17) is 10.3 Å². The molecule has 0 aliphatic heterocycles. The third-order valence-corrected chi connectivity index (χ3v) is 2.97. The summed E-state index contributed by atoms with van der Waals surface area (Å²) in [6.45, 7) is 6.32. The van der Waals surface area contributed by atoms with Gasteiger partial charge in [-0.05, 0) is 27.2 Å². The smallest absolute Gasteiger partial charge is 0.328 e. The highest BCUT2D eigenvalue weighted by atomic mass is 16.5. The number of carbonyl (C=O) groups is 3. The topological polar surface area (TPSA) is 129 Å². The van der Waals surface area contributed by atoms with Crippen LogP contribution in [0.1, 0.15) is 40.5 Å². The Bertz CT molecular complexity index is 455. The fourth-order valence-electron chi connectivity index (χ4n) is 1.50. The highest BCUT2D eigenvalue weighted by Gasteiger charge is 2.27. The first kappa shape index (κ1) is 19.9. The van der Waals surface area contributed by atoms with Crippen LogP contribution < -0.4 is 5.32 Å². The van der Waals surface area contributed by atoms with E-state index in [1.165, 1.54) is 13.8 Å². The van der Waals surface area contributed by atoms with Crippen LogP contribution in [0.3, 0.4) is 0 Å². The molecule has 0 spiro atoms. The SMILES string of the molecule is CC(C)OC(=O)[C@H](CCC(=O)C=[N+]=[N-])NC(=O)[C@H](C)[C@H](C)O. The molecule has 0 rings (SSSR count). The Hall–Kier alpha value is -2.05. The number of ether oxygens (including phenoxy) is 1. The van der Waals surface area contributed by atoms with Gasteiger partial charge in [-0.1, -0.05) is 6.92 Å². The quantitative estimate of drug-likeness (QED) is 0.270. The summed E-state index contributed by atoms with van der Waals surface area (Å²) in [6, 6.07) is -1.01. The van der Waals surface area contributed by atoms with E-state index in [0.29, 0.717) is 0 Å². The number of rotatable bonds is 9. The summed E-state index contributed by atoms with van der Waals surface area (Å²) in [5.74, 6) is -2.36. The van der Waals surface area contributed by atoms with Crippen molar-refractivity contribution in [2.24, 2.45) is 5.92 Å². The molecule has 22 heavy (non-hydrogen) atoms. The van der Waals surface area contributed by atoms with Crippen LogP contribution in [0.2, 0.25) is 0 Å². The molecule has 0 aromatic heterocycles. The lowest BCUT2D eigenvalue weighted by molar-refractivity contribution is -0.152. The summed E-state index contributed by atoms with van der Waals surface area (Å²) in [5.41, 5.74) is 8.27. The van der Waals surface area contributed by atoms with Crippen LogP contribution in [0, 0.1) is 5.92 Å². The van der Waals surface area contributed by atoms with E-state index < -0.39 is 35.7 Å². The number of nitrogens with zero attached hydrogens (tertiary/aromatic N) is 2. The molecule has 0 saturated heterocycles. The molecular formula is C14H23N3O5. The van der Waals surface area contributed by atoms with E-state index in [1.54, 1.807) is 13.8 Å². The van der Waals surface area contributed by atoms with Gasteiger partial charge in [0, 0.05) is 6.42 Å². The van der Waals surface area contributed by atoms with E-state index in [9.17, 15) is 19.5 Å². The number of Topliss-reactive ketones (excluding diaryl/α,β-unsaturated/α-hetero) is 1. The summed E-state index contributed by atoms with van der Waals surface area (Å²) in [4.78, 5) is 37.8. The Balaban J connectivity index is 4.85. The normalized spacial score (nSPS) is 14.5. The summed E-state index contributed by atoms with van der Waals surface area (Å²) in [6.07, 6.45) is -0.592. The number of aliphatic hydroxyl groups excluding tert-OH is 1. The predicted molar refractivity (Wildman–Crippen MR) is 77.9 cm³/mol. The molecule has 0 bridgehead atoms. The number of hydrogen-bond donors (Lipinski definition) is 2. The van der Waals surface area contributed by atoms with Crippen LogP contribution >= 0.6 is 0 Å².